The van der Waals surface area contributed by atoms with Crippen molar-refractivity contribution in [1.82, 2.24) is 9.55 Å². The number of benzene rings is 2. The van der Waals surface area contributed by atoms with Gasteiger partial charge in [0.05, 0.1) is 12.3 Å². The molecule has 2 heterocycles. The third kappa shape index (κ3) is 4.57. The number of nitrogens with zero attached hydrogens (tertiary/aromatic N) is 2. The molecule has 154 valence electrons. The predicted molar refractivity (Wildman–Crippen MR) is 116 cm³/mol. The molecule has 1 aliphatic heterocycles. The Labute approximate surface area is 178 Å². The van der Waals surface area contributed by atoms with Crippen LogP contribution >= 0.6 is 11.8 Å². The van der Waals surface area contributed by atoms with Gasteiger partial charge in [-0.25, -0.2) is 9.59 Å². The van der Waals surface area contributed by atoms with Crippen LogP contribution in [0.3, 0.4) is 0 Å². The number of carbonyl (C=O) groups excluding carboxylic acids is 1. The van der Waals surface area contributed by atoms with Crippen molar-refractivity contribution >= 4 is 17.7 Å². The molecule has 0 bridgehead atoms. The van der Waals surface area contributed by atoms with Crippen LogP contribution in [0.1, 0.15) is 18.1 Å². The van der Waals surface area contributed by atoms with Crippen LogP contribution in [0.5, 0.6) is 5.75 Å². The van der Waals surface area contributed by atoms with E-state index in [9.17, 15) is 9.59 Å². The summed E-state index contributed by atoms with van der Waals surface area (Å²) < 4.78 is 12.2. The summed E-state index contributed by atoms with van der Waals surface area (Å²) in [5, 5.41) is 0.714. The lowest BCUT2D eigenvalue weighted by molar-refractivity contribution is -0.145. The molecule has 0 fully saturated rings. The van der Waals surface area contributed by atoms with Gasteiger partial charge in [0.2, 0.25) is 0 Å². The van der Waals surface area contributed by atoms with Gasteiger partial charge >= 0.3 is 11.7 Å². The summed E-state index contributed by atoms with van der Waals surface area (Å²) in [6.07, 6.45) is 0.705. The van der Waals surface area contributed by atoms with Gasteiger partial charge in [-0.1, -0.05) is 30.3 Å². The Morgan fingerprint density at radius 3 is 2.80 bits per heavy atom. The Morgan fingerprint density at radius 1 is 1.17 bits per heavy atom. The van der Waals surface area contributed by atoms with Crippen LogP contribution in [-0.4, -0.2) is 28.7 Å². The molecular weight excluding hydrogens is 400 g/mol. The van der Waals surface area contributed by atoms with Gasteiger partial charge in [-0.05, 0) is 48.7 Å². The van der Waals surface area contributed by atoms with E-state index >= 15 is 0 Å². The zero-order valence-electron chi connectivity index (χ0n) is 16.7. The molecule has 0 spiro atoms. The van der Waals surface area contributed by atoms with Crippen LogP contribution in [-0.2, 0) is 28.2 Å². The standard InChI is InChI=1S/C23H22N2O4S/c1-2-28-22(26)14-29-18-8-9-19-17(12-18)10-11-25-20(19)13-21(24-23(25)27)30-15-16-6-4-3-5-7-16/h3-9,12-13H,2,10-11,14-15H2,1H3. The number of ether oxygens (including phenoxy) is 2. The lowest BCUT2D eigenvalue weighted by Crippen LogP contribution is -2.28. The molecule has 1 aliphatic rings. The largest absolute Gasteiger partial charge is 0.482 e. The van der Waals surface area contributed by atoms with Crippen LogP contribution in [0.15, 0.2) is 64.4 Å². The zero-order valence-corrected chi connectivity index (χ0v) is 17.5. The number of thioether (sulfide) groups is 1. The van der Waals surface area contributed by atoms with Crippen molar-refractivity contribution in [1.29, 1.82) is 0 Å². The maximum Gasteiger partial charge on any atom is 0.349 e. The van der Waals surface area contributed by atoms with E-state index in [4.69, 9.17) is 9.47 Å². The molecule has 6 nitrogen and oxygen atoms in total. The summed E-state index contributed by atoms with van der Waals surface area (Å²) >= 11 is 1.55. The molecule has 0 aliphatic carbocycles. The van der Waals surface area contributed by atoms with E-state index in [1.54, 1.807) is 23.3 Å². The van der Waals surface area contributed by atoms with Crippen LogP contribution in [0.25, 0.3) is 11.3 Å². The predicted octanol–water partition coefficient (Wildman–Crippen LogP) is 3.70. The SMILES string of the molecule is CCOC(=O)COc1ccc2c(c1)CCn1c-2cc(SCc2ccccc2)nc1=O. The minimum absolute atomic E-state index is 0.118. The number of fused-ring (bicyclic) bond motifs is 3. The van der Waals surface area contributed by atoms with Crippen molar-refractivity contribution in [3.05, 3.63) is 76.2 Å². The number of aromatic nitrogens is 2. The smallest absolute Gasteiger partial charge is 0.349 e. The molecule has 4 rings (SSSR count). The maximum atomic E-state index is 12.6. The number of carbonyl (C=O) groups is 1. The second-order valence-corrected chi connectivity index (χ2v) is 7.85. The van der Waals surface area contributed by atoms with Crippen molar-refractivity contribution in [2.24, 2.45) is 0 Å². The molecule has 0 unspecified atom stereocenters. The molecule has 0 atom stereocenters. The molecular formula is C23H22N2O4S. The van der Waals surface area contributed by atoms with Crippen molar-refractivity contribution < 1.29 is 14.3 Å². The van der Waals surface area contributed by atoms with Crippen LogP contribution in [0.2, 0.25) is 0 Å². The molecule has 7 heteroatoms. The van der Waals surface area contributed by atoms with Gasteiger partial charge in [0.1, 0.15) is 10.8 Å². The highest BCUT2D eigenvalue weighted by Gasteiger charge is 2.19. The van der Waals surface area contributed by atoms with Gasteiger partial charge in [0, 0.05) is 17.9 Å². The van der Waals surface area contributed by atoms with E-state index in [1.807, 2.05) is 42.5 Å². The van der Waals surface area contributed by atoms with E-state index in [-0.39, 0.29) is 12.3 Å². The molecule has 0 radical (unpaired) electrons. The van der Waals surface area contributed by atoms with Gasteiger partial charge in [-0.2, -0.15) is 4.98 Å². The first kappa shape index (κ1) is 20.2. The number of hydrogen-bond donors (Lipinski definition) is 0. The van der Waals surface area contributed by atoms with Gasteiger partial charge < -0.3 is 9.47 Å². The lowest BCUT2D eigenvalue weighted by atomic mass is 9.97. The highest BCUT2D eigenvalue weighted by atomic mass is 32.2. The fourth-order valence-electron chi connectivity index (χ4n) is 3.42. The first-order valence-electron chi connectivity index (χ1n) is 9.84. The summed E-state index contributed by atoms with van der Waals surface area (Å²) in [5.41, 5.74) is 3.90. The Morgan fingerprint density at radius 2 is 2.00 bits per heavy atom. The Hall–Kier alpha value is -3.06. The van der Waals surface area contributed by atoms with E-state index in [0.29, 0.717) is 30.3 Å². The molecule has 0 N–H and O–H groups in total. The van der Waals surface area contributed by atoms with Gasteiger partial charge in [0.25, 0.3) is 0 Å². The molecule has 0 saturated heterocycles. The summed E-state index contributed by atoms with van der Waals surface area (Å²) in [6, 6.07) is 17.8. The minimum Gasteiger partial charge on any atom is -0.482 e. The fourth-order valence-corrected chi connectivity index (χ4v) is 4.27. The van der Waals surface area contributed by atoms with E-state index in [0.717, 1.165) is 22.6 Å². The highest BCUT2D eigenvalue weighted by Crippen LogP contribution is 2.33. The van der Waals surface area contributed by atoms with E-state index in [2.05, 4.69) is 17.1 Å². The number of aryl methyl sites for hydroxylation is 1. The first-order valence-corrected chi connectivity index (χ1v) is 10.8. The Bertz CT molecular complexity index is 1110. The first-order chi connectivity index (χ1) is 14.6. The third-order valence-corrected chi connectivity index (χ3v) is 5.82. The van der Waals surface area contributed by atoms with E-state index < -0.39 is 5.97 Å². The number of rotatable bonds is 7. The Balaban J connectivity index is 1.55. The normalized spacial score (nSPS) is 12.0. The molecule has 30 heavy (non-hydrogen) atoms. The highest BCUT2D eigenvalue weighted by molar-refractivity contribution is 7.98. The second-order valence-electron chi connectivity index (χ2n) is 6.85. The summed E-state index contributed by atoms with van der Waals surface area (Å²) in [7, 11) is 0. The summed E-state index contributed by atoms with van der Waals surface area (Å²) in [6.45, 7) is 2.54. The third-order valence-electron chi connectivity index (χ3n) is 4.84. The fraction of sp³-hybridized carbons (Fsp3) is 0.261. The molecule has 0 amide bonds. The van der Waals surface area contributed by atoms with Crippen molar-refractivity contribution in [2.75, 3.05) is 13.2 Å². The quantitative estimate of drug-likeness (QED) is 0.329. The molecule has 2 aromatic carbocycles. The monoisotopic (exact) mass is 422 g/mol. The van der Waals surface area contributed by atoms with E-state index in [1.165, 1.54) is 5.56 Å². The van der Waals surface area contributed by atoms with Crippen LogP contribution in [0.4, 0.5) is 0 Å². The van der Waals surface area contributed by atoms with Gasteiger partial charge in [-0.3, -0.25) is 4.57 Å². The zero-order chi connectivity index (χ0) is 20.9. The minimum atomic E-state index is -0.390. The topological polar surface area (TPSA) is 70.4 Å². The van der Waals surface area contributed by atoms with Crippen molar-refractivity contribution in [3.8, 4) is 17.0 Å². The molecule has 1 aromatic heterocycles. The average molecular weight is 423 g/mol. The second kappa shape index (κ2) is 9.17. The van der Waals surface area contributed by atoms with Crippen LogP contribution < -0.4 is 10.4 Å². The molecule has 3 aromatic rings. The maximum absolute atomic E-state index is 12.6. The Kier molecular flexibility index (Phi) is 6.18. The number of hydrogen-bond acceptors (Lipinski definition) is 6. The average Bonchev–Trinajstić information content (AvgIpc) is 2.77. The lowest BCUT2D eigenvalue weighted by Gasteiger charge is -2.22. The van der Waals surface area contributed by atoms with Crippen molar-refractivity contribution in [3.63, 3.8) is 0 Å². The van der Waals surface area contributed by atoms with Gasteiger partial charge in [0.15, 0.2) is 6.61 Å². The summed E-state index contributed by atoms with van der Waals surface area (Å²) in [4.78, 5) is 28.3. The van der Waals surface area contributed by atoms with Crippen LogP contribution in [0, 0.1) is 0 Å². The molecule has 0 saturated carbocycles. The van der Waals surface area contributed by atoms with Gasteiger partial charge in [-0.15, -0.1) is 11.8 Å². The number of esters is 1. The summed E-state index contributed by atoms with van der Waals surface area (Å²) in [5.74, 6) is 0.980. The van der Waals surface area contributed by atoms with Crippen molar-refractivity contribution in [2.45, 2.75) is 30.7 Å².